The molecule has 0 aromatic carbocycles. The summed E-state index contributed by atoms with van der Waals surface area (Å²) in [5, 5.41) is 2.69. The van der Waals surface area contributed by atoms with Crippen molar-refractivity contribution in [3.63, 3.8) is 0 Å². The van der Waals surface area contributed by atoms with E-state index in [2.05, 4.69) is 15.3 Å². The highest BCUT2D eigenvalue weighted by Gasteiger charge is 2.14. The van der Waals surface area contributed by atoms with E-state index in [9.17, 15) is 9.59 Å². The van der Waals surface area contributed by atoms with Gasteiger partial charge in [-0.3, -0.25) is 9.59 Å². The highest BCUT2D eigenvalue weighted by molar-refractivity contribution is 5.96. The molecule has 0 atom stereocenters. The number of hydrogen-bond acceptors (Lipinski definition) is 5. The quantitative estimate of drug-likeness (QED) is 0.747. The smallest absolute Gasteiger partial charge is 0.256 e. The first kappa shape index (κ1) is 16.0. The molecular formula is C15H19N3O4. The summed E-state index contributed by atoms with van der Waals surface area (Å²) >= 11 is 0. The summed E-state index contributed by atoms with van der Waals surface area (Å²) in [5.41, 5.74) is 0.347. The van der Waals surface area contributed by atoms with Crippen molar-refractivity contribution in [1.29, 1.82) is 0 Å². The van der Waals surface area contributed by atoms with Crippen LogP contribution < -0.4 is 15.5 Å². The Hall–Kier alpha value is -2.41. The molecule has 0 aliphatic carbocycles. The maximum atomic E-state index is 12.3. The van der Waals surface area contributed by atoms with Gasteiger partial charge in [-0.25, -0.2) is 4.98 Å². The van der Waals surface area contributed by atoms with Crippen molar-refractivity contribution in [2.75, 3.05) is 26.9 Å². The van der Waals surface area contributed by atoms with E-state index in [1.54, 1.807) is 12.1 Å². The van der Waals surface area contributed by atoms with Crippen LogP contribution in [0.5, 0.6) is 5.88 Å². The molecule has 0 saturated heterocycles. The number of rotatable bonds is 7. The van der Waals surface area contributed by atoms with Gasteiger partial charge in [0.05, 0.1) is 12.6 Å². The minimum Gasteiger partial charge on any atom is -0.481 e. The molecule has 7 heteroatoms. The zero-order chi connectivity index (χ0) is 15.9. The van der Waals surface area contributed by atoms with Crippen LogP contribution in [0.3, 0.4) is 0 Å². The fourth-order valence-corrected chi connectivity index (χ4v) is 1.97. The molecule has 2 heterocycles. The molecule has 0 aliphatic heterocycles. The van der Waals surface area contributed by atoms with Gasteiger partial charge in [-0.15, -0.1) is 0 Å². The summed E-state index contributed by atoms with van der Waals surface area (Å²) in [6.07, 6.45) is 2.09. The highest BCUT2D eigenvalue weighted by atomic mass is 16.5. The molecule has 0 radical (unpaired) electrons. The molecule has 0 fully saturated rings. The Morgan fingerprint density at radius 3 is 2.95 bits per heavy atom. The minimum absolute atomic E-state index is 0.0321. The number of methoxy groups -OCH3 is 1. The number of aromatic nitrogens is 2. The first-order chi connectivity index (χ1) is 10.7. The van der Waals surface area contributed by atoms with Crippen molar-refractivity contribution in [3.8, 4) is 5.88 Å². The van der Waals surface area contributed by atoms with E-state index >= 15 is 0 Å². The van der Waals surface area contributed by atoms with Crippen LogP contribution in [0.4, 0.5) is 0 Å². The van der Waals surface area contributed by atoms with Gasteiger partial charge in [0.25, 0.3) is 5.91 Å². The Bertz CT molecular complexity index is 711. The molecule has 22 heavy (non-hydrogen) atoms. The first-order valence-electron chi connectivity index (χ1n) is 7.09. The molecular weight excluding hydrogens is 286 g/mol. The topological polar surface area (TPSA) is 93.3 Å². The molecule has 0 spiro atoms. The maximum absolute atomic E-state index is 12.3. The number of hydrogen-bond donors (Lipinski definition) is 2. The van der Waals surface area contributed by atoms with Crippen LogP contribution in [-0.2, 0) is 4.74 Å². The molecule has 7 nitrogen and oxygen atoms in total. The third-order valence-corrected chi connectivity index (χ3v) is 3.11. The Morgan fingerprint density at radius 2 is 2.23 bits per heavy atom. The number of amides is 1. The number of nitrogens with zero attached hydrogens (tertiary/aromatic N) is 1. The van der Waals surface area contributed by atoms with E-state index in [1.807, 2.05) is 6.92 Å². The van der Waals surface area contributed by atoms with Crippen LogP contribution in [-0.4, -0.2) is 42.7 Å². The predicted octanol–water partition coefficient (Wildman–Crippen LogP) is 1.09. The summed E-state index contributed by atoms with van der Waals surface area (Å²) in [5.74, 6) is -0.100. The standard InChI is InChI=1S/C15H19N3O4/c1-3-22-8-4-7-16-15(20)10-9-17-11-5-6-12(21-2)18-13(11)14(10)19/h5-6,9H,3-4,7-8H2,1-2H3,(H,16,20)(H,17,19). The molecule has 0 aliphatic rings. The largest absolute Gasteiger partial charge is 0.481 e. The Labute approximate surface area is 127 Å². The third kappa shape index (κ3) is 3.62. The number of pyridine rings is 2. The molecule has 2 aromatic heterocycles. The van der Waals surface area contributed by atoms with Gasteiger partial charge in [0.2, 0.25) is 11.3 Å². The van der Waals surface area contributed by atoms with E-state index in [4.69, 9.17) is 9.47 Å². The highest BCUT2D eigenvalue weighted by Crippen LogP contribution is 2.11. The summed E-state index contributed by atoms with van der Waals surface area (Å²) in [4.78, 5) is 31.4. The van der Waals surface area contributed by atoms with Gasteiger partial charge in [0.15, 0.2) is 0 Å². The fraction of sp³-hybridized carbons (Fsp3) is 0.400. The lowest BCUT2D eigenvalue weighted by atomic mass is 10.2. The lowest BCUT2D eigenvalue weighted by Gasteiger charge is -2.06. The van der Waals surface area contributed by atoms with Crippen molar-refractivity contribution in [2.45, 2.75) is 13.3 Å². The molecule has 0 bridgehead atoms. The van der Waals surface area contributed by atoms with Crippen molar-refractivity contribution < 1.29 is 14.3 Å². The molecule has 1 amide bonds. The summed E-state index contributed by atoms with van der Waals surface area (Å²) < 4.78 is 10.2. The van der Waals surface area contributed by atoms with Crippen molar-refractivity contribution in [2.24, 2.45) is 0 Å². The van der Waals surface area contributed by atoms with Gasteiger partial charge in [-0.2, -0.15) is 0 Å². The van der Waals surface area contributed by atoms with Crippen molar-refractivity contribution in [1.82, 2.24) is 15.3 Å². The second kappa shape index (κ2) is 7.56. The number of H-pyrrole nitrogens is 1. The molecule has 118 valence electrons. The second-order valence-corrected chi connectivity index (χ2v) is 4.59. The normalized spacial score (nSPS) is 10.6. The summed E-state index contributed by atoms with van der Waals surface area (Å²) in [6, 6.07) is 3.33. The number of carbonyl (C=O) groups excluding carboxylic acids is 1. The van der Waals surface area contributed by atoms with E-state index in [1.165, 1.54) is 13.3 Å². The van der Waals surface area contributed by atoms with Crippen LogP contribution in [0, 0.1) is 0 Å². The third-order valence-electron chi connectivity index (χ3n) is 3.11. The van der Waals surface area contributed by atoms with E-state index < -0.39 is 11.3 Å². The van der Waals surface area contributed by atoms with Crippen LogP contribution in [0.15, 0.2) is 23.1 Å². The number of aromatic amines is 1. The van der Waals surface area contributed by atoms with E-state index in [-0.39, 0.29) is 11.1 Å². The zero-order valence-electron chi connectivity index (χ0n) is 12.6. The van der Waals surface area contributed by atoms with Crippen molar-refractivity contribution >= 4 is 16.9 Å². The van der Waals surface area contributed by atoms with Gasteiger partial charge < -0.3 is 19.8 Å². The number of fused-ring (bicyclic) bond motifs is 1. The average Bonchev–Trinajstić information content (AvgIpc) is 2.54. The first-order valence-corrected chi connectivity index (χ1v) is 7.09. The van der Waals surface area contributed by atoms with E-state index in [0.29, 0.717) is 37.6 Å². The van der Waals surface area contributed by atoms with Crippen LogP contribution in [0.1, 0.15) is 23.7 Å². The van der Waals surface area contributed by atoms with Crippen LogP contribution in [0.25, 0.3) is 11.0 Å². The summed E-state index contributed by atoms with van der Waals surface area (Å²) in [6.45, 7) is 3.58. The molecule has 0 saturated carbocycles. The fourth-order valence-electron chi connectivity index (χ4n) is 1.97. The Kier molecular flexibility index (Phi) is 5.48. The second-order valence-electron chi connectivity index (χ2n) is 4.59. The van der Waals surface area contributed by atoms with Crippen LogP contribution in [0.2, 0.25) is 0 Å². The van der Waals surface area contributed by atoms with Gasteiger partial charge in [0.1, 0.15) is 11.1 Å². The number of carbonyl (C=O) groups is 1. The van der Waals surface area contributed by atoms with Crippen molar-refractivity contribution in [3.05, 3.63) is 34.1 Å². The molecule has 2 aromatic rings. The lowest BCUT2D eigenvalue weighted by molar-refractivity contribution is 0.0943. The zero-order valence-corrected chi connectivity index (χ0v) is 12.6. The molecule has 2 N–H and O–H groups in total. The van der Waals surface area contributed by atoms with E-state index in [0.717, 1.165) is 0 Å². The van der Waals surface area contributed by atoms with Gasteiger partial charge >= 0.3 is 0 Å². The predicted molar refractivity (Wildman–Crippen MR) is 82.4 cm³/mol. The average molecular weight is 305 g/mol. The van der Waals surface area contributed by atoms with Gasteiger partial charge in [0, 0.05) is 32.0 Å². The summed E-state index contributed by atoms with van der Waals surface area (Å²) in [7, 11) is 1.47. The van der Waals surface area contributed by atoms with Crippen LogP contribution >= 0.6 is 0 Å². The van der Waals surface area contributed by atoms with Gasteiger partial charge in [-0.05, 0) is 19.4 Å². The molecule has 2 rings (SSSR count). The monoisotopic (exact) mass is 305 g/mol. The van der Waals surface area contributed by atoms with Gasteiger partial charge in [-0.1, -0.05) is 0 Å². The number of ether oxygens (including phenoxy) is 2. The Morgan fingerprint density at radius 1 is 1.41 bits per heavy atom. The maximum Gasteiger partial charge on any atom is 0.256 e. The minimum atomic E-state index is -0.427. The number of nitrogens with one attached hydrogen (secondary N) is 2. The SMILES string of the molecule is CCOCCCNC(=O)c1c[nH]c2ccc(OC)nc2c1=O. The Balaban J connectivity index is 2.15. The molecule has 0 unspecified atom stereocenters. The lowest BCUT2D eigenvalue weighted by Crippen LogP contribution is -2.30.